The maximum Gasteiger partial charge on any atom is 0.0542 e. The Labute approximate surface area is 274 Å². The number of hydrogen-bond donors (Lipinski definition) is 1. The molecule has 0 amide bonds. The summed E-state index contributed by atoms with van der Waals surface area (Å²) >= 11 is 0. The van der Waals surface area contributed by atoms with E-state index in [2.05, 4.69) is 150 Å². The number of rotatable bonds is 7. The molecule has 0 atom stereocenters. The van der Waals surface area contributed by atoms with E-state index < -0.39 is 0 Å². The number of hydrogen-bond acceptors (Lipinski definition) is 1. The largest absolute Gasteiger partial charge is 0.398 e. The van der Waals surface area contributed by atoms with Crippen LogP contribution in [0.5, 0.6) is 0 Å². The Hall–Kier alpha value is -6.06. The fraction of sp³-hybridized carbons (Fsp3) is 0.0455. The summed E-state index contributed by atoms with van der Waals surface area (Å²) in [4.78, 5) is 0. The van der Waals surface area contributed by atoms with E-state index in [0.29, 0.717) is 0 Å². The number of para-hydroxylation sites is 3. The smallest absolute Gasteiger partial charge is 0.0542 e. The van der Waals surface area contributed by atoms with Crippen LogP contribution >= 0.6 is 0 Å². The van der Waals surface area contributed by atoms with Gasteiger partial charge in [0.25, 0.3) is 0 Å². The molecular formula is C44H35N3. The molecule has 226 valence electrons. The predicted molar refractivity (Wildman–Crippen MR) is 202 cm³/mol. The lowest BCUT2D eigenvalue weighted by Crippen LogP contribution is -1.97. The van der Waals surface area contributed by atoms with E-state index in [1.807, 2.05) is 30.4 Å². The number of nitrogen functional groups attached to an aromatic ring is 1. The first-order valence-corrected chi connectivity index (χ1v) is 16.1. The van der Waals surface area contributed by atoms with Crippen LogP contribution in [0.3, 0.4) is 0 Å². The van der Waals surface area contributed by atoms with Gasteiger partial charge in [-0.25, -0.2) is 0 Å². The van der Waals surface area contributed by atoms with E-state index in [1.54, 1.807) is 0 Å². The van der Waals surface area contributed by atoms with Gasteiger partial charge in [0, 0.05) is 44.2 Å². The molecule has 0 aliphatic rings. The van der Waals surface area contributed by atoms with Crippen molar-refractivity contribution in [3.63, 3.8) is 0 Å². The summed E-state index contributed by atoms with van der Waals surface area (Å²) in [6.45, 7) is 6.14. The lowest BCUT2D eigenvalue weighted by atomic mass is 10.00. The molecule has 0 saturated carbocycles. The average molecular weight is 606 g/mol. The van der Waals surface area contributed by atoms with Crippen LogP contribution in [0.25, 0.3) is 66.1 Å². The van der Waals surface area contributed by atoms with Gasteiger partial charge >= 0.3 is 0 Å². The molecular weight excluding hydrogens is 571 g/mol. The fourth-order valence-corrected chi connectivity index (χ4v) is 6.99. The minimum Gasteiger partial charge on any atom is -0.398 e. The second-order valence-corrected chi connectivity index (χ2v) is 12.1. The number of anilines is 1. The molecule has 2 N–H and O–H groups in total. The van der Waals surface area contributed by atoms with Gasteiger partial charge in [-0.3, -0.25) is 0 Å². The van der Waals surface area contributed by atoms with Crippen molar-refractivity contribution in [3.8, 4) is 16.8 Å². The minimum atomic E-state index is 0.768. The summed E-state index contributed by atoms with van der Waals surface area (Å²) in [5.41, 5.74) is 18.8. The van der Waals surface area contributed by atoms with Gasteiger partial charge in [0.1, 0.15) is 0 Å². The summed E-state index contributed by atoms with van der Waals surface area (Å²) in [6, 6.07) is 47.7. The predicted octanol–water partition coefficient (Wildman–Crippen LogP) is 11.3. The first-order valence-electron chi connectivity index (χ1n) is 16.1. The average Bonchev–Trinajstić information content (AvgIpc) is 3.61. The summed E-state index contributed by atoms with van der Waals surface area (Å²) in [6.07, 6.45) is 9.10. The standard InChI is InChI=1S/C44H35N3/c1-3-4-14-33(23-22-31-12-11-13-32(28-31)35-15-5-8-18-40(35)45)46-43-25-21-30(2)27-38(43)39-29-34(24-26-44(39)46)47-41-19-9-6-16-36(41)37-17-7-10-20-42(37)47/h3-21,23-29H,1,22,45H2,2H3/b14-4-,33-23+. The zero-order valence-corrected chi connectivity index (χ0v) is 26.4. The van der Waals surface area contributed by atoms with Crippen molar-refractivity contribution in [1.29, 1.82) is 0 Å². The molecule has 0 spiro atoms. The van der Waals surface area contributed by atoms with Gasteiger partial charge in [-0.05, 0) is 79.1 Å². The molecule has 2 heterocycles. The number of allylic oxidation sites excluding steroid dienone is 5. The molecule has 0 unspecified atom stereocenters. The van der Waals surface area contributed by atoms with Crippen molar-refractivity contribution in [2.24, 2.45) is 0 Å². The van der Waals surface area contributed by atoms with Gasteiger partial charge in [-0.15, -0.1) is 0 Å². The Morgan fingerprint density at radius 2 is 1.34 bits per heavy atom. The molecule has 0 aliphatic heterocycles. The van der Waals surface area contributed by atoms with E-state index in [4.69, 9.17) is 5.73 Å². The van der Waals surface area contributed by atoms with Crippen molar-refractivity contribution < 1.29 is 0 Å². The molecule has 0 saturated heterocycles. The van der Waals surface area contributed by atoms with Crippen LogP contribution in [0.2, 0.25) is 0 Å². The van der Waals surface area contributed by atoms with Gasteiger partial charge in [-0.2, -0.15) is 0 Å². The maximum absolute atomic E-state index is 6.32. The highest BCUT2D eigenvalue weighted by atomic mass is 15.0. The minimum absolute atomic E-state index is 0.768. The van der Waals surface area contributed by atoms with Gasteiger partial charge in [0.15, 0.2) is 0 Å². The van der Waals surface area contributed by atoms with Crippen LogP contribution in [0, 0.1) is 6.92 Å². The van der Waals surface area contributed by atoms with Gasteiger partial charge in [0.05, 0.1) is 22.1 Å². The monoisotopic (exact) mass is 605 g/mol. The lowest BCUT2D eigenvalue weighted by Gasteiger charge is -2.12. The second kappa shape index (κ2) is 11.7. The van der Waals surface area contributed by atoms with Crippen LogP contribution in [0.4, 0.5) is 5.69 Å². The van der Waals surface area contributed by atoms with Gasteiger partial charge in [-0.1, -0.05) is 115 Å². The Morgan fingerprint density at radius 3 is 2.09 bits per heavy atom. The highest BCUT2D eigenvalue weighted by Gasteiger charge is 2.17. The van der Waals surface area contributed by atoms with Crippen molar-refractivity contribution in [2.75, 3.05) is 5.73 Å². The Balaban J connectivity index is 1.30. The third-order valence-electron chi connectivity index (χ3n) is 9.15. The fourth-order valence-electron chi connectivity index (χ4n) is 6.99. The highest BCUT2D eigenvalue weighted by molar-refractivity contribution is 6.13. The van der Waals surface area contributed by atoms with Crippen molar-refractivity contribution in [1.82, 2.24) is 9.13 Å². The van der Waals surface area contributed by atoms with Crippen LogP contribution in [-0.2, 0) is 6.42 Å². The number of nitrogens with zero attached hydrogens (tertiary/aromatic N) is 2. The normalized spacial score (nSPS) is 12.2. The molecule has 47 heavy (non-hydrogen) atoms. The molecule has 0 aliphatic carbocycles. The van der Waals surface area contributed by atoms with Crippen LogP contribution in [0.15, 0.2) is 164 Å². The quantitative estimate of drug-likeness (QED) is 0.142. The summed E-state index contributed by atoms with van der Waals surface area (Å²) in [7, 11) is 0. The Morgan fingerprint density at radius 1 is 0.660 bits per heavy atom. The van der Waals surface area contributed by atoms with E-state index in [0.717, 1.165) is 34.6 Å². The number of fused-ring (bicyclic) bond motifs is 6. The number of nitrogens with two attached hydrogens (primary N) is 1. The van der Waals surface area contributed by atoms with Crippen molar-refractivity contribution >= 4 is 55.0 Å². The summed E-state index contributed by atoms with van der Waals surface area (Å²) in [5, 5.41) is 4.99. The lowest BCUT2D eigenvalue weighted by molar-refractivity contribution is 1.17. The Kier molecular flexibility index (Phi) is 7.08. The van der Waals surface area contributed by atoms with Crippen LogP contribution in [0.1, 0.15) is 11.1 Å². The third-order valence-corrected chi connectivity index (χ3v) is 9.15. The highest BCUT2D eigenvalue weighted by Crippen LogP contribution is 2.37. The molecule has 2 aromatic heterocycles. The number of aromatic nitrogens is 2. The first kappa shape index (κ1) is 28.4. The van der Waals surface area contributed by atoms with Gasteiger partial charge < -0.3 is 14.9 Å². The molecule has 3 heteroatoms. The molecule has 0 fully saturated rings. The first-order chi connectivity index (χ1) is 23.1. The molecule has 3 nitrogen and oxygen atoms in total. The SMILES string of the molecule is C=C/C=C\C(=C/Cc1cccc(-c2ccccc2N)c1)n1c2ccc(C)cc2c2cc(-n3c4ccccc4c4ccccc43)ccc21. The van der Waals surface area contributed by atoms with Crippen molar-refractivity contribution in [2.45, 2.75) is 13.3 Å². The molecule has 0 bridgehead atoms. The van der Waals surface area contributed by atoms with E-state index >= 15 is 0 Å². The maximum atomic E-state index is 6.32. The zero-order valence-electron chi connectivity index (χ0n) is 26.4. The summed E-state index contributed by atoms with van der Waals surface area (Å²) < 4.78 is 4.78. The van der Waals surface area contributed by atoms with E-state index in [1.165, 1.54) is 54.7 Å². The van der Waals surface area contributed by atoms with Crippen molar-refractivity contribution in [3.05, 3.63) is 175 Å². The van der Waals surface area contributed by atoms with E-state index in [9.17, 15) is 0 Å². The number of aryl methyl sites for hydroxylation is 1. The van der Waals surface area contributed by atoms with Crippen LogP contribution in [-0.4, -0.2) is 9.13 Å². The molecule has 8 aromatic rings. The van der Waals surface area contributed by atoms with Crippen LogP contribution < -0.4 is 5.73 Å². The number of benzene rings is 6. The topological polar surface area (TPSA) is 35.9 Å². The zero-order chi connectivity index (χ0) is 31.9. The molecule has 8 rings (SSSR count). The van der Waals surface area contributed by atoms with Gasteiger partial charge in [0.2, 0.25) is 0 Å². The summed E-state index contributed by atoms with van der Waals surface area (Å²) in [5.74, 6) is 0. The third kappa shape index (κ3) is 4.93. The molecule has 0 radical (unpaired) electrons. The van der Waals surface area contributed by atoms with E-state index in [-0.39, 0.29) is 0 Å². The second-order valence-electron chi connectivity index (χ2n) is 12.1. The Bertz CT molecular complexity index is 2480. The molecule has 6 aromatic carbocycles.